The van der Waals surface area contributed by atoms with Gasteiger partial charge in [-0.25, -0.2) is 0 Å². The van der Waals surface area contributed by atoms with E-state index in [-0.39, 0.29) is 11.9 Å². The number of anilines is 2. The van der Waals surface area contributed by atoms with Crippen LogP contribution in [0.4, 0.5) is 11.4 Å². The second-order valence-corrected chi connectivity index (χ2v) is 5.26. The van der Waals surface area contributed by atoms with Crippen LogP contribution >= 0.6 is 11.8 Å². The van der Waals surface area contributed by atoms with E-state index in [2.05, 4.69) is 10.6 Å². The molecule has 1 amide bonds. The Morgan fingerprint density at radius 3 is 2.58 bits per heavy atom. The van der Waals surface area contributed by atoms with Gasteiger partial charge in [0.1, 0.15) is 6.04 Å². The van der Waals surface area contributed by atoms with Gasteiger partial charge in [0.15, 0.2) is 0 Å². The lowest BCUT2D eigenvalue weighted by Gasteiger charge is -2.13. The van der Waals surface area contributed by atoms with Gasteiger partial charge in [0.05, 0.1) is 0 Å². The molecule has 4 heteroatoms. The summed E-state index contributed by atoms with van der Waals surface area (Å²) in [6.45, 7) is 0. The quantitative estimate of drug-likeness (QED) is 0.839. The summed E-state index contributed by atoms with van der Waals surface area (Å²) in [7, 11) is 0. The van der Waals surface area contributed by atoms with Crippen molar-refractivity contribution in [2.75, 3.05) is 16.9 Å². The maximum Gasteiger partial charge on any atom is 0.251 e. The lowest BCUT2D eigenvalue weighted by atomic mass is 10.1. The Morgan fingerprint density at radius 2 is 1.84 bits per heavy atom. The molecule has 1 heterocycles. The number of para-hydroxylation sites is 1. The summed E-state index contributed by atoms with van der Waals surface area (Å²) in [6.07, 6.45) is 2.04. The first kappa shape index (κ1) is 12.1. The van der Waals surface area contributed by atoms with Gasteiger partial charge in [0, 0.05) is 21.8 Å². The molecule has 0 bridgehead atoms. The number of fused-ring (bicyclic) bond motifs is 1. The van der Waals surface area contributed by atoms with Crippen LogP contribution in [-0.2, 0) is 4.79 Å². The minimum Gasteiger partial charge on any atom is -0.370 e. The lowest BCUT2D eigenvalue weighted by Crippen LogP contribution is -2.19. The predicted octanol–water partition coefficient (Wildman–Crippen LogP) is 3.51. The number of carbonyl (C=O) groups is 1. The minimum atomic E-state index is -0.309. The van der Waals surface area contributed by atoms with Crippen molar-refractivity contribution in [3.8, 4) is 0 Å². The zero-order valence-corrected chi connectivity index (χ0v) is 11.3. The van der Waals surface area contributed by atoms with Crippen LogP contribution in [0.3, 0.4) is 0 Å². The van der Waals surface area contributed by atoms with Gasteiger partial charge in [-0.1, -0.05) is 18.2 Å². The van der Waals surface area contributed by atoms with Crippen LogP contribution in [0, 0.1) is 0 Å². The average Bonchev–Trinajstić information content (AvgIpc) is 2.76. The van der Waals surface area contributed by atoms with E-state index in [9.17, 15) is 4.79 Å². The highest BCUT2D eigenvalue weighted by Crippen LogP contribution is 2.33. The largest absolute Gasteiger partial charge is 0.370 e. The molecular weight excluding hydrogens is 256 g/mol. The molecule has 0 saturated heterocycles. The Labute approximate surface area is 116 Å². The summed E-state index contributed by atoms with van der Waals surface area (Å²) in [5.41, 5.74) is 2.85. The summed E-state index contributed by atoms with van der Waals surface area (Å²) in [5, 5.41) is 6.16. The first-order valence-electron chi connectivity index (χ1n) is 6.08. The van der Waals surface area contributed by atoms with Gasteiger partial charge >= 0.3 is 0 Å². The molecular formula is C15H14N2OS. The first-order chi connectivity index (χ1) is 9.28. The number of thioether (sulfide) groups is 1. The van der Waals surface area contributed by atoms with Crippen molar-refractivity contribution in [2.24, 2.45) is 0 Å². The van der Waals surface area contributed by atoms with E-state index in [1.165, 1.54) is 4.90 Å². The molecule has 1 aliphatic heterocycles. The third kappa shape index (κ3) is 2.31. The van der Waals surface area contributed by atoms with Gasteiger partial charge < -0.3 is 10.6 Å². The molecule has 1 aliphatic rings. The Balaban J connectivity index is 1.84. The number of rotatable bonds is 3. The summed E-state index contributed by atoms with van der Waals surface area (Å²) in [5.74, 6) is -0.00450. The van der Waals surface area contributed by atoms with Crippen LogP contribution in [0.25, 0.3) is 0 Å². The van der Waals surface area contributed by atoms with Crippen molar-refractivity contribution in [2.45, 2.75) is 10.9 Å². The highest BCUT2D eigenvalue weighted by molar-refractivity contribution is 7.98. The summed E-state index contributed by atoms with van der Waals surface area (Å²) < 4.78 is 0. The van der Waals surface area contributed by atoms with Gasteiger partial charge in [0.25, 0.3) is 5.91 Å². The number of nitrogens with one attached hydrogen (secondary N) is 2. The van der Waals surface area contributed by atoms with Gasteiger partial charge in [-0.2, -0.15) is 0 Å². The SMILES string of the molecule is CSc1ccc(NC2C(=O)Nc3ccccc32)cc1. The van der Waals surface area contributed by atoms with Crippen molar-refractivity contribution < 1.29 is 4.79 Å². The summed E-state index contributed by atoms with van der Waals surface area (Å²) in [4.78, 5) is 13.2. The van der Waals surface area contributed by atoms with Crippen molar-refractivity contribution in [1.29, 1.82) is 0 Å². The third-order valence-corrected chi connectivity index (χ3v) is 3.94. The van der Waals surface area contributed by atoms with Crippen molar-refractivity contribution in [3.05, 3.63) is 54.1 Å². The average molecular weight is 270 g/mol. The molecule has 0 spiro atoms. The second-order valence-electron chi connectivity index (χ2n) is 4.38. The van der Waals surface area contributed by atoms with Crippen LogP contribution in [0.1, 0.15) is 11.6 Å². The fourth-order valence-corrected chi connectivity index (χ4v) is 2.61. The molecule has 2 aromatic carbocycles. The van der Waals surface area contributed by atoms with Crippen molar-refractivity contribution >= 4 is 29.0 Å². The molecule has 2 aromatic rings. The van der Waals surface area contributed by atoms with E-state index in [0.717, 1.165) is 16.9 Å². The Kier molecular flexibility index (Phi) is 3.17. The molecule has 1 unspecified atom stereocenters. The van der Waals surface area contributed by atoms with Crippen LogP contribution < -0.4 is 10.6 Å². The molecule has 0 radical (unpaired) electrons. The number of hydrogen-bond donors (Lipinski definition) is 2. The zero-order valence-electron chi connectivity index (χ0n) is 10.5. The van der Waals surface area contributed by atoms with Crippen LogP contribution in [0.2, 0.25) is 0 Å². The van der Waals surface area contributed by atoms with Crippen molar-refractivity contribution in [3.63, 3.8) is 0 Å². The topological polar surface area (TPSA) is 41.1 Å². The molecule has 19 heavy (non-hydrogen) atoms. The van der Waals surface area contributed by atoms with Gasteiger partial charge in [-0.15, -0.1) is 11.8 Å². The number of benzene rings is 2. The number of amides is 1. The smallest absolute Gasteiger partial charge is 0.251 e. The normalized spacial score (nSPS) is 16.9. The highest BCUT2D eigenvalue weighted by atomic mass is 32.2. The molecule has 96 valence electrons. The molecule has 2 N–H and O–H groups in total. The van der Waals surface area contributed by atoms with Crippen molar-refractivity contribution in [1.82, 2.24) is 0 Å². The Hall–Kier alpha value is -1.94. The summed E-state index contributed by atoms with van der Waals surface area (Å²) in [6, 6.07) is 15.6. The predicted molar refractivity (Wildman–Crippen MR) is 79.7 cm³/mol. The maximum atomic E-state index is 12.0. The van der Waals surface area contributed by atoms with E-state index in [0.29, 0.717) is 0 Å². The van der Waals surface area contributed by atoms with E-state index >= 15 is 0 Å². The minimum absolute atomic E-state index is 0.00450. The zero-order chi connectivity index (χ0) is 13.2. The summed E-state index contributed by atoms with van der Waals surface area (Å²) >= 11 is 1.70. The standard InChI is InChI=1S/C15H14N2OS/c1-19-11-8-6-10(7-9-11)16-14-12-4-2-3-5-13(12)17-15(14)18/h2-9,14,16H,1H3,(H,17,18). The molecule has 3 nitrogen and oxygen atoms in total. The van der Waals surface area contributed by atoms with Gasteiger partial charge in [0.2, 0.25) is 0 Å². The van der Waals surface area contributed by atoms with Crippen LogP contribution in [-0.4, -0.2) is 12.2 Å². The molecule has 0 saturated carbocycles. The fraction of sp³-hybridized carbons (Fsp3) is 0.133. The molecule has 1 atom stereocenters. The van der Waals surface area contributed by atoms with Gasteiger partial charge in [-0.05, 0) is 36.6 Å². The molecule has 0 fully saturated rings. The molecule has 3 rings (SSSR count). The molecule has 0 aromatic heterocycles. The first-order valence-corrected chi connectivity index (χ1v) is 7.31. The van der Waals surface area contributed by atoms with Gasteiger partial charge in [-0.3, -0.25) is 4.79 Å². The van der Waals surface area contributed by atoms with Crippen LogP contribution in [0.15, 0.2) is 53.4 Å². The number of carbonyl (C=O) groups excluding carboxylic acids is 1. The van der Waals surface area contributed by atoms with E-state index in [1.807, 2.05) is 54.8 Å². The second kappa shape index (κ2) is 4.97. The third-order valence-electron chi connectivity index (χ3n) is 3.19. The van der Waals surface area contributed by atoms with E-state index in [1.54, 1.807) is 11.8 Å². The Morgan fingerprint density at radius 1 is 1.11 bits per heavy atom. The fourth-order valence-electron chi connectivity index (χ4n) is 2.21. The Bertz CT molecular complexity index is 610. The lowest BCUT2D eigenvalue weighted by molar-refractivity contribution is -0.116. The maximum absolute atomic E-state index is 12.0. The van der Waals surface area contributed by atoms with Crippen LogP contribution in [0.5, 0.6) is 0 Å². The van der Waals surface area contributed by atoms with E-state index in [4.69, 9.17) is 0 Å². The number of hydrogen-bond acceptors (Lipinski definition) is 3. The molecule has 0 aliphatic carbocycles. The monoisotopic (exact) mass is 270 g/mol. The van der Waals surface area contributed by atoms with E-state index < -0.39 is 0 Å². The highest BCUT2D eigenvalue weighted by Gasteiger charge is 2.29.